The van der Waals surface area contributed by atoms with Crippen molar-refractivity contribution in [1.29, 1.82) is 0 Å². The second-order valence-electron chi connectivity index (χ2n) is 8.07. The summed E-state index contributed by atoms with van der Waals surface area (Å²) in [6.45, 7) is 7.66. The third-order valence-electron chi connectivity index (χ3n) is 6.30. The minimum atomic E-state index is 0.131. The molecule has 1 aromatic carbocycles. The number of nitrogens with zero attached hydrogens (tertiary/aromatic N) is 3. The van der Waals surface area contributed by atoms with E-state index in [1.165, 1.54) is 32.1 Å². The van der Waals surface area contributed by atoms with E-state index in [2.05, 4.69) is 35.1 Å². The Labute approximate surface area is 183 Å². The highest BCUT2D eigenvalue weighted by molar-refractivity contribution is 7.13. The Balaban J connectivity index is 1.79. The topological polar surface area (TPSA) is 38.1 Å². The second kappa shape index (κ2) is 9.17. The van der Waals surface area contributed by atoms with Gasteiger partial charge in [0.15, 0.2) is 0 Å². The predicted molar refractivity (Wildman–Crippen MR) is 125 cm³/mol. The second-order valence-corrected chi connectivity index (χ2v) is 8.93. The standard InChI is InChI=1S/C25H31N3OS/c1-4-27(5-2)25(29)21-16-23(28(18(21)3)20-14-10-7-11-15-20)22-17-30-24(26-22)19-12-8-6-9-13-19/h6,8-9,12-13,16-17,20H,4-5,7,10-11,14-15H2,1-3H3. The van der Waals surface area contributed by atoms with Crippen molar-refractivity contribution >= 4 is 17.2 Å². The molecule has 0 saturated heterocycles. The first kappa shape index (κ1) is 20.9. The largest absolute Gasteiger partial charge is 0.340 e. The third-order valence-corrected chi connectivity index (χ3v) is 7.19. The quantitative estimate of drug-likeness (QED) is 0.451. The van der Waals surface area contributed by atoms with Gasteiger partial charge in [-0.1, -0.05) is 49.6 Å². The maximum Gasteiger partial charge on any atom is 0.255 e. The first-order valence-electron chi connectivity index (χ1n) is 11.2. The first-order valence-corrected chi connectivity index (χ1v) is 12.0. The lowest BCUT2D eigenvalue weighted by molar-refractivity contribution is 0.0772. The number of carbonyl (C=O) groups excluding carboxylic acids is 1. The SMILES string of the molecule is CCN(CC)C(=O)c1cc(-c2csc(-c3ccccc3)n2)n(C2CCCCC2)c1C. The van der Waals surface area contributed by atoms with Crippen LogP contribution in [0.5, 0.6) is 0 Å². The summed E-state index contributed by atoms with van der Waals surface area (Å²) in [6.07, 6.45) is 6.18. The van der Waals surface area contributed by atoms with Crippen LogP contribution in [-0.4, -0.2) is 33.4 Å². The zero-order valence-corrected chi connectivity index (χ0v) is 19.0. The molecule has 0 unspecified atom stereocenters. The van der Waals surface area contributed by atoms with Gasteiger partial charge in [-0.3, -0.25) is 4.79 Å². The number of amides is 1. The van der Waals surface area contributed by atoms with Gasteiger partial charge in [-0.05, 0) is 39.7 Å². The molecule has 30 heavy (non-hydrogen) atoms. The van der Waals surface area contributed by atoms with Crippen molar-refractivity contribution in [3.63, 3.8) is 0 Å². The van der Waals surface area contributed by atoms with Gasteiger partial charge in [-0.15, -0.1) is 11.3 Å². The van der Waals surface area contributed by atoms with Gasteiger partial charge in [0.2, 0.25) is 0 Å². The van der Waals surface area contributed by atoms with Crippen molar-refractivity contribution in [2.24, 2.45) is 0 Å². The number of carbonyl (C=O) groups is 1. The van der Waals surface area contributed by atoms with E-state index in [0.717, 1.165) is 46.3 Å². The number of hydrogen-bond donors (Lipinski definition) is 0. The van der Waals surface area contributed by atoms with Crippen LogP contribution in [0.3, 0.4) is 0 Å². The van der Waals surface area contributed by atoms with Gasteiger partial charge in [0.1, 0.15) is 5.01 Å². The molecule has 0 radical (unpaired) electrons. The Bertz CT molecular complexity index is 995. The maximum absolute atomic E-state index is 13.2. The lowest BCUT2D eigenvalue weighted by Crippen LogP contribution is -2.30. The number of hydrogen-bond acceptors (Lipinski definition) is 3. The summed E-state index contributed by atoms with van der Waals surface area (Å²) in [6, 6.07) is 12.9. The van der Waals surface area contributed by atoms with Crippen LogP contribution in [0, 0.1) is 6.92 Å². The molecule has 0 bridgehead atoms. The molecular formula is C25H31N3OS. The molecule has 0 spiro atoms. The number of rotatable bonds is 6. The molecule has 0 N–H and O–H groups in total. The van der Waals surface area contributed by atoms with Gasteiger partial charge >= 0.3 is 0 Å². The number of benzene rings is 1. The van der Waals surface area contributed by atoms with E-state index >= 15 is 0 Å². The minimum Gasteiger partial charge on any atom is -0.340 e. The summed E-state index contributed by atoms with van der Waals surface area (Å²) in [5.41, 5.74) is 5.12. The van der Waals surface area contributed by atoms with E-state index in [4.69, 9.17) is 4.98 Å². The number of thiazole rings is 1. The summed E-state index contributed by atoms with van der Waals surface area (Å²) in [5.74, 6) is 0.131. The molecule has 2 heterocycles. The Morgan fingerprint density at radius 2 is 1.83 bits per heavy atom. The van der Waals surface area contributed by atoms with Crippen molar-refractivity contribution in [2.75, 3.05) is 13.1 Å². The van der Waals surface area contributed by atoms with Crippen molar-refractivity contribution in [3.05, 3.63) is 53.0 Å². The monoisotopic (exact) mass is 421 g/mol. The van der Waals surface area contributed by atoms with Crippen molar-refractivity contribution in [2.45, 2.75) is 58.9 Å². The smallest absolute Gasteiger partial charge is 0.255 e. The molecule has 1 aliphatic rings. The van der Waals surface area contributed by atoms with Crippen LogP contribution in [-0.2, 0) is 0 Å². The lowest BCUT2D eigenvalue weighted by atomic mass is 9.95. The average molecular weight is 422 g/mol. The molecule has 1 fully saturated rings. The molecule has 4 rings (SSSR count). The van der Waals surface area contributed by atoms with Crippen LogP contribution in [0.2, 0.25) is 0 Å². The van der Waals surface area contributed by atoms with Crippen LogP contribution < -0.4 is 0 Å². The molecular weight excluding hydrogens is 390 g/mol. The normalized spacial score (nSPS) is 14.8. The average Bonchev–Trinajstić information content (AvgIpc) is 3.40. The van der Waals surface area contributed by atoms with Crippen LogP contribution >= 0.6 is 11.3 Å². The van der Waals surface area contributed by atoms with Gasteiger partial charge in [0, 0.05) is 35.8 Å². The fraction of sp³-hybridized carbons (Fsp3) is 0.440. The van der Waals surface area contributed by atoms with Gasteiger partial charge < -0.3 is 9.47 Å². The molecule has 1 aliphatic carbocycles. The van der Waals surface area contributed by atoms with Gasteiger partial charge in [-0.25, -0.2) is 4.98 Å². The molecule has 4 nitrogen and oxygen atoms in total. The summed E-state index contributed by atoms with van der Waals surface area (Å²) >= 11 is 1.67. The summed E-state index contributed by atoms with van der Waals surface area (Å²) in [7, 11) is 0. The summed E-state index contributed by atoms with van der Waals surface area (Å²) < 4.78 is 2.42. The van der Waals surface area contributed by atoms with E-state index in [-0.39, 0.29) is 5.91 Å². The lowest BCUT2D eigenvalue weighted by Gasteiger charge is -2.27. The van der Waals surface area contributed by atoms with Crippen molar-refractivity contribution in [1.82, 2.24) is 14.5 Å². The van der Waals surface area contributed by atoms with E-state index in [1.807, 2.05) is 36.9 Å². The zero-order chi connectivity index (χ0) is 21.1. The zero-order valence-electron chi connectivity index (χ0n) is 18.2. The minimum absolute atomic E-state index is 0.131. The fourth-order valence-electron chi connectivity index (χ4n) is 4.63. The van der Waals surface area contributed by atoms with Crippen molar-refractivity contribution < 1.29 is 4.79 Å². The highest BCUT2D eigenvalue weighted by Crippen LogP contribution is 2.38. The Morgan fingerprint density at radius 1 is 1.13 bits per heavy atom. The van der Waals surface area contributed by atoms with E-state index < -0.39 is 0 Å². The predicted octanol–water partition coefficient (Wildman–Crippen LogP) is 6.57. The number of aromatic nitrogens is 2. The fourth-order valence-corrected chi connectivity index (χ4v) is 5.45. The van der Waals surface area contributed by atoms with E-state index in [1.54, 1.807) is 11.3 Å². The molecule has 1 saturated carbocycles. The molecule has 158 valence electrons. The van der Waals surface area contributed by atoms with E-state index in [9.17, 15) is 4.79 Å². The van der Waals surface area contributed by atoms with E-state index in [0.29, 0.717) is 6.04 Å². The molecule has 0 atom stereocenters. The molecule has 0 aliphatic heterocycles. The molecule has 1 amide bonds. The maximum atomic E-state index is 13.2. The van der Waals surface area contributed by atoms with Gasteiger partial charge in [-0.2, -0.15) is 0 Å². The molecule has 3 aromatic rings. The highest BCUT2D eigenvalue weighted by atomic mass is 32.1. The molecule has 5 heteroatoms. The van der Waals surface area contributed by atoms with Crippen LogP contribution in [0.15, 0.2) is 41.8 Å². The first-order chi connectivity index (χ1) is 14.6. The highest BCUT2D eigenvalue weighted by Gasteiger charge is 2.27. The van der Waals surface area contributed by atoms with Crippen molar-refractivity contribution in [3.8, 4) is 22.0 Å². The third kappa shape index (κ3) is 3.95. The summed E-state index contributed by atoms with van der Waals surface area (Å²) in [5, 5.41) is 3.17. The van der Waals surface area contributed by atoms with Crippen LogP contribution in [0.4, 0.5) is 0 Å². The van der Waals surface area contributed by atoms with Gasteiger partial charge in [0.05, 0.1) is 17.0 Å². The van der Waals surface area contributed by atoms with Crippen LogP contribution in [0.25, 0.3) is 22.0 Å². The van der Waals surface area contributed by atoms with Gasteiger partial charge in [0.25, 0.3) is 5.91 Å². The Morgan fingerprint density at radius 3 is 2.50 bits per heavy atom. The molecule has 2 aromatic heterocycles. The Kier molecular flexibility index (Phi) is 6.38. The summed E-state index contributed by atoms with van der Waals surface area (Å²) in [4.78, 5) is 20.1. The van der Waals surface area contributed by atoms with Crippen LogP contribution in [0.1, 0.15) is 68.0 Å². The Hall–Kier alpha value is -2.40.